The average molecular weight is 343 g/mol. The Kier molecular flexibility index (Phi) is 3.73. The Morgan fingerprint density at radius 1 is 1.00 bits per heavy atom. The van der Waals surface area contributed by atoms with Crippen molar-refractivity contribution in [2.75, 3.05) is 4.72 Å². The molecule has 0 saturated carbocycles. The highest BCUT2D eigenvalue weighted by atomic mass is 32.2. The van der Waals surface area contributed by atoms with Crippen molar-refractivity contribution in [3.8, 4) is 0 Å². The van der Waals surface area contributed by atoms with E-state index in [-0.39, 0.29) is 27.5 Å². The molecule has 0 unspecified atom stereocenters. The number of fused-ring (bicyclic) bond motifs is 1. The summed E-state index contributed by atoms with van der Waals surface area (Å²) in [5.74, 6) is -2.14. The largest absolute Gasteiger partial charge is 0.507 e. The number of aryl methyl sites for hydroxylation is 1. The Morgan fingerprint density at radius 2 is 1.67 bits per heavy atom. The van der Waals surface area contributed by atoms with Crippen molar-refractivity contribution in [1.29, 1.82) is 0 Å². The van der Waals surface area contributed by atoms with Gasteiger partial charge in [0.05, 0.1) is 16.1 Å². The average Bonchev–Trinajstić information content (AvgIpc) is 2.53. The molecule has 2 aromatic carbocycles. The lowest BCUT2D eigenvalue weighted by Gasteiger charge is -2.17. The number of Topliss-reactive ketones (excluding diaryl/α,β-unsaturated/α-hetero) is 1. The summed E-state index contributed by atoms with van der Waals surface area (Å²) in [4.78, 5) is 23.8. The fraction of sp³-hybridized carbons (Fsp3) is 0.0588. The molecular formula is C17H13NO5S. The van der Waals surface area contributed by atoms with Crippen LogP contribution in [-0.2, 0) is 14.8 Å². The maximum absolute atomic E-state index is 12.5. The number of allylic oxidation sites excluding steroid dienone is 1. The lowest BCUT2D eigenvalue weighted by atomic mass is 9.92. The summed E-state index contributed by atoms with van der Waals surface area (Å²) in [6, 6.07) is 10.5. The zero-order valence-electron chi connectivity index (χ0n) is 12.6. The number of hydrogen-bond acceptors (Lipinski definition) is 5. The quantitative estimate of drug-likeness (QED) is 0.834. The van der Waals surface area contributed by atoms with Gasteiger partial charge in [0.25, 0.3) is 10.0 Å². The molecule has 2 aromatic rings. The van der Waals surface area contributed by atoms with E-state index in [1.165, 1.54) is 30.3 Å². The maximum atomic E-state index is 12.5. The van der Waals surface area contributed by atoms with E-state index in [1.54, 1.807) is 12.1 Å². The summed E-state index contributed by atoms with van der Waals surface area (Å²) in [7, 11) is -3.94. The first-order chi connectivity index (χ1) is 11.3. The van der Waals surface area contributed by atoms with Crippen molar-refractivity contribution in [2.24, 2.45) is 0 Å². The second kappa shape index (κ2) is 5.61. The molecule has 0 amide bonds. The smallest absolute Gasteiger partial charge is 0.261 e. The van der Waals surface area contributed by atoms with Crippen molar-refractivity contribution in [1.82, 2.24) is 0 Å². The van der Waals surface area contributed by atoms with Crippen LogP contribution in [0, 0.1) is 6.92 Å². The lowest BCUT2D eigenvalue weighted by Crippen LogP contribution is -2.22. The highest BCUT2D eigenvalue weighted by Gasteiger charge is 2.29. The summed E-state index contributed by atoms with van der Waals surface area (Å²) in [6.07, 6.45) is 0.822. The van der Waals surface area contributed by atoms with Crippen molar-refractivity contribution >= 4 is 33.0 Å². The Bertz CT molecular complexity index is 988. The minimum absolute atomic E-state index is 0.0278. The molecular weight excluding hydrogens is 330 g/mol. The van der Waals surface area contributed by atoms with Gasteiger partial charge < -0.3 is 5.11 Å². The van der Waals surface area contributed by atoms with Crippen molar-refractivity contribution < 1.29 is 23.1 Å². The molecule has 24 heavy (non-hydrogen) atoms. The first-order valence-corrected chi connectivity index (χ1v) is 8.50. The molecule has 0 spiro atoms. The summed E-state index contributed by atoms with van der Waals surface area (Å²) in [6.45, 7) is 1.83. The van der Waals surface area contributed by atoms with Gasteiger partial charge in [0, 0.05) is 11.6 Å². The number of carbonyl (C=O) groups is 2. The van der Waals surface area contributed by atoms with Gasteiger partial charge in [-0.15, -0.1) is 0 Å². The molecule has 0 bridgehead atoms. The van der Waals surface area contributed by atoms with Crippen LogP contribution in [0.1, 0.15) is 21.5 Å². The van der Waals surface area contributed by atoms with Gasteiger partial charge in [-0.25, -0.2) is 8.42 Å². The van der Waals surface area contributed by atoms with Crippen LogP contribution in [0.3, 0.4) is 0 Å². The van der Waals surface area contributed by atoms with E-state index in [0.717, 1.165) is 11.6 Å². The van der Waals surface area contributed by atoms with E-state index in [2.05, 4.69) is 4.72 Å². The Morgan fingerprint density at radius 3 is 2.33 bits per heavy atom. The van der Waals surface area contributed by atoms with Crippen LogP contribution in [0.2, 0.25) is 0 Å². The number of anilines is 1. The molecule has 0 heterocycles. The third-order valence-corrected chi connectivity index (χ3v) is 5.02. The van der Waals surface area contributed by atoms with Crippen molar-refractivity contribution in [3.63, 3.8) is 0 Å². The van der Waals surface area contributed by atoms with E-state index in [9.17, 15) is 23.1 Å². The van der Waals surface area contributed by atoms with Gasteiger partial charge in [-0.05, 0) is 25.1 Å². The summed E-state index contributed by atoms with van der Waals surface area (Å²) in [5, 5.41) is 9.83. The van der Waals surface area contributed by atoms with E-state index >= 15 is 0 Å². The predicted octanol–water partition coefficient (Wildman–Crippen LogP) is 2.46. The van der Waals surface area contributed by atoms with Gasteiger partial charge >= 0.3 is 0 Å². The van der Waals surface area contributed by atoms with Crippen LogP contribution in [0.5, 0.6) is 0 Å². The fourth-order valence-corrected chi connectivity index (χ4v) is 3.48. The molecule has 0 saturated heterocycles. The van der Waals surface area contributed by atoms with Gasteiger partial charge in [0.15, 0.2) is 0 Å². The van der Waals surface area contributed by atoms with Gasteiger partial charge in [-0.1, -0.05) is 29.8 Å². The highest BCUT2D eigenvalue weighted by Crippen LogP contribution is 2.30. The number of rotatable bonds is 3. The number of hydrogen-bond donors (Lipinski definition) is 2. The third-order valence-electron chi connectivity index (χ3n) is 3.63. The van der Waals surface area contributed by atoms with Gasteiger partial charge in [0.2, 0.25) is 11.6 Å². The number of carbonyl (C=O) groups excluding carboxylic acids is 2. The SMILES string of the molecule is Cc1ccc(S(=O)(=O)Nc2cccc3c2C(=O)C(=O)C=C3O)cc1. The zero-order valence-corrected chi connectivity index (χ0v) is 13.4. The van der Waals surface area contributed by atoms with Crippen LogP contribution in [0.15, 0.2) is 53.4 Å². The molecule has 6 nitrogen and oxygen atoms in total. The topological polar surface area (TPSA) is 101 Å². The van der Waals surface area contributed by atoms with Gasteiger partial charge in [-0.3, -0.25) is 14.3 Å². The molecule has 1 aliphatic carbocycles. The Hall–Kier alpha value is -2.93. The minimum Gasteiger partial charge on any atom is -0.507 e. The molecule has 0 fully saturated rings. The van der Waals surface area contributed by atoms with Crippen LogP contribution in [0.25, 0.3) is 5.76 Å². The summed E-state index contributed by atoms with van der Waals surface area (Å²) >= 11 is 0. The zero-order chi connectivity index (χ0) is 17.5. The van der Waals surface area contributed by atoms with Crippen LogP contribution in [-0.4, -0.2) is 25.1 Å². The summed E-state index contributed by atoms with van der Waals surface area (Å²) in [5.41, 5.74) is 0.815. The number of aliphatic hydroxyl groups excluding tert-OH is 1. The fourth-order valence-electron chi connectivity index (χ4n) is 2.41. The molecule has 122 valence electrons. The molecule has 0 aromatic heterocycles. The molecule has 3 rings (SSSR count). The first-order valence-electron chi connectivity index (χ1n) is 7.02. The van der Waals surface area contributed by atoms with E-state index in [1.807, 2.05) is 6.92 Å². The summed E-state index contributed by atoms with van der Waals surface area (Å²) < 4.78 is 27.3. The maximum Gasteiger partial charge on any atom is 0.261 e. The van der Waals surface area contributed by atoms with E-state index in [4.69, 9.17) is 0 Å². The van der Waals surface area contributed by atoms with Crippen molar-refractivity contribution in [2.45, 2.75) is 11.8 Å². The monoisotopic (exact) mass is 343 g/mol. The molecule has 0 atom stereocenters. The van der Waals surface area contributed by atoms with Gasteiger partial charge in [0.1, 0.15) is 5.76 Å². The Balaban J connectivity index is 2.08. The number of sulfonamides is 1. The predicted molar refractivity (Wildman–Crippen MR) is 88.4 cm³/mol. The third kappa shape index (κ3) is 2.69. The highest BCUT2D eigenvalue weighted by molar-refractivity contribution is 7.92. The van der Waals surface area contributed by atoms with E-state index < -0.39 is 21.6 Å². The first kappa shape index (κ1) is 15.9. The number of ketones is 2. The van der Waals surface area contributed by atoms with Crippen LogP contribution < -0.4 is 4.72 Å². The lowest BCUT2D eigenvalue weighted by molar-refractivity contribution is -0.111. The van der Waals surface area contributed by atoms with Crippen LogP contribution in [0.4, 0.5) is 5.69 Å². The van der Waals surface area contributed by atoms with E-state index in [0.29, 0.717) is 0 Å². The van der Waals surface area contributed by atoms with Gasteiger partial charge in [-0.2, -0.15) is 0 Å². The molecule has 0 radical (unpaired) electrons. The molecule has 2 N–H and O–H groups in total. The molecule has 7 heteroatoms. The second-order valence-electron chi connectivity index (χ2n) is 5.37. The molecule has 1 aliphatic rings. The molecule has 0 aliphatic heterocycles. The normalized spacial score (nSPS) is 14.1. The minimum atomic E-state index is -3.94. The van der Waals surface area contributed by atoms with Crippen molar-refractivity contribution in [3.05, 3.63) is 65.2 Å². The Labute approximate surface area is 138 Å². The number of aliphatic hydroxyl groups is 1. The number of nitrogens with one attached hydrogen (secondary N) is 1. The van der Waals surface area contributed by atoms with Crippen LogP contribution >= 0.6 is 0 Å². The second-order valence-corrected chi connectivity index (χ2v) is 7.05. The standard InChI is InChI=1S/C17H13NO5S/c1-10-5-7-11(8-6-10)24(22,23)18-13-4-2-3-12-14(19)9-15(20)17(21)16(12)13/h2-9,18-19H,1H3. The number of benzene rings is 2.